The van der Waals surface area contributed by atoms with Crippen molar-refractivity contribution >= 4 is 22.7 Å². The molecule has 0 bridgehead atoms. The molecule has 170 valence electrons. The maximum atomic E-state index is 6.09. The largest absolute Gasteiger partial charge is 0.454 e. The van der Waals surface area contributed by atoms with Crippen LogP contribution in [0.2, 0.25) is 0 Å². The zero-order chi connectivity index (χ0) is 22.9. The molecule has 0 amide bonds. The summed E-state index contributed by atoms with van der Waals surface area (Å²) < 4.78 is 6.09. The molecule has 1 aromatic heterocycles. The van der Waals surface area contributed by atoms with Crippen LogP contribution < -0.4 is 21.3 Å². The number of benzene rings is 1. The standard InChI is InChI=1S/C29H38N2O/c1-7-22-23-11-8-9-12-26(23)32-27(22)20(2)30-17-10-18-31-21-13-14-24-25(19-21)29(5,6)16-15-28(24,3)4/h7-14,17,19,24-25,30-31H,15-16,18H2,1-6H3/b17-10+,22-7-,27-20-. The third kappa shape index (κ3) is 4.30. The lowest BCUT2D eigenvalue weighted by Crippen LogP contribution is -2.44. The fraction of sp³-hybridized carbons (Fsp3) is 0.448. The predicted octanol–water partition coefficient (Wildman–Crippen LogP) is 5.59. The second-order valence-electron chi connectivity index (χ2n) is 10.7. The van der Waals surface area contributed by atoms with Crippen molar-refractivity contribution in [3.63, 3.8) is 0 Å². The van der Waals surface area contributed by atoms with Crippen LogP contribution in [0, 0.1) is 22.7 Å². The topological polar surface area (TPSA) is 37.2 Å². The summed E-state index contributed by atoms with van der Waals surface area (Å²) in [5.41, 5.74) is 4.80. The molecule has 1 fully saturated rings. The molecule has 2 aromatic rings. The maximum absolute atomic E-state index is 6.09. The Morgan fingerprint density at radius 2 is 1.81 bits per heavy atom. The van der Waals surface area contributed by atoms with E-state index in [0.29, 0.717) is 22.7 Å². The minimum Gasteiger partial charge on any atom is -0.454 e. The van der Waals surface area contributed by atoms with Gasteiger partial charge in [0.15, 0.2) is 5.42 Å². The molecule has 3 nitrogen and oxygen atoms in total. The summed E-state index contributed by atoms with van der Waals surface area (Å²) in [6.07, 6.45) is 16.0. The van der Waals surface area contributed by atoms with Gasteiger partial charge in [-0.3, -0.25) is 0 Å². The van der Waals surface area contributed by atoms with Gasteiger partial charge in [0, 0.05) is 22.8 Å². The third-order valence-electron chi connectivity index (χ3n) is 7.55. The second-order valence-corrected chi connectivity index (χ2v) is 10.7. The highest BCUT2D eigenvalue weighted by Gasteiger charge is 2.46. The number of fused-ring (bicyclic) bond motifs is 2. The van der Waals surface area contributed by atoms with Crippen LogP contribution in [0.5, 0.6) is 0 Å². The highest BCUT2D eigenvalue weighted by atomic mass is 16.3. The molecule has 1 aromatic carbocycles. The molecule has 3 heteroatoms. The van der Waals surface area contributed by atoms with E-state index >= 15 is 0 Å². The van der Waals surface area contributed by atoms with E-state index in [1.54, 1.807) is 0 Å². The van der Waals surface area contributed by atoms with E-state index in [1.165, 1.54) is 18.5 Å². The first-order valence-corrected chi connectivity index (χ1v) is 11.9. The number of rotatable bonds is 5. The summed E-state index contributed by atoms with van der Waals surface area (Å²) in [6, 6.07) is 8.18. The lowest BCUT2D eigenvalue weighted by molar-refractivity contribution is 0.0324. The van der Waals surface area contributed by atoms with Crippen LogP contribution in [0.1, 0.15) is 54.4 Å². The molecule has 2 N–H and O–H groups in total. The predicted molar refractivity (Wildman–Crippen MR) is 136 cm³/mol. The van der Waals surface area contributed by atoms with Crippen LogP contribution in [0.4, 0.5) is 0 Å². The van der Waals surface area contributed by atoms with Gasteiger partial charge in [0.05, 0.1) is 5.70 Å². The van der Waals surface area contributed by atoms with Gasteiger partial charge in [-0.25, -0.2) is 0 Å². The van der Waals surface area contributed by atoms with E-state index in [9.17, 15) is 0 Å². The summed E-state index contributed by atoms with van der Waals surface area (Å²) in [5, 5.41) is 9.27. The number of para-hydroxylation sites is 1. The van der Waals surface area contributed by atoms with Crippen molar-refractivity contribution in [2.45, 2.75) is 54.4 Å². The van der Waals surface area contributed by atoms with Gasteiger partial charge >= 0.3 is 0 Å². The minimum absolute atomic E-state index is 0.349. The van der Waals surface area contributed by atoms with Gasteiger partial charge in [-0.2, -0.15) is 0 Å². The number of allylic oxidation sites excluding steroid dienone is 3. The van der Waals surface area contributed by atoms with E-state index in [2.05, 4.69) is 94.7 Å². The summed E-state index contributed by atoms with van der Waals surface area (Å²) in [4.78, 5) is 0. The van der Waals surface area contributed by atoms with Gasteiger partial charge in [-0.15, -0.1) is 0 Å². The second kappa shape index (κ2) is 8.69. The van der Waals surface area contributed by atoms with E-state index in [1.807, 2.05) is 18.3 Å². The molecule has 2 atom stereocenters. The summed E-state index contributed by atoms with van der Waals surface area (Å²) in [6.45, 7) is 14.6. The average Bonchev–Trinajstić information content (AvgIpc) is 3.15. The van der Waals surface area contributed by atoms with Gasteiger partial charge in [0.2, 0.25) is 0 Å². The average molecular weight is 431 g/mol. The Morgan fingerprint density at radius 3 is 2.56 bits per heavy atom. The molecule has 1 saturated carbocycles. The zero-order valence-corrected chi connectivity index (χ0v) is 20.5. The number of hydrogen-bond acceptors (Lipinski definition) is 3. The molecule has 1 heterocycles. The molecule has 0 radical (unpaired) electrons. The van der Waals surface area contributed by atoms with E-state index in [4.69, 9.17) is 4.42 Å². The summed E-state index contributed by atoms with van der Waals surface area (Å²) in [7, 11) is 0. The fourth-order valence-electron chi connectivity index (χ4n) is 5.35. The van der Waals surface area contributed by atoms with Crippen LogP contribution in [0.3, 0.4) is 0 Å². The zero-order valence-electron chi connectivity index (χ0n) is 20.5. The normalized spacial score (nSPS) is 25.6. The van der Waals surface area contributed by atoms with Crippen molar-refractivity contribution in [3.05, 3.63) is 71.1 Å². The highest BCUT2D eigenvalue weighted by molar-refractivity contribution is 5.79. The molecule has 0 aliphatic heterocycles. The third-order valence-corrected chi connectivity index (χ3v) is 7.55. The lowest BCUT2D eigenvalue weighted by atomic mass is 9.53. The Kier molecular flexibility index (Phi) is 6.11. The molecule has 0 saturated heterocycles. The van der Waals surface area contributed by atoms with Crippen LogP contribution in [-0.4, -0.2) is 6.54 Å². The minimum atomic E-state index is 0.349. The Bertz CT molecular complexity index is 1190. The van der Waals surface area contributed by atoms with Gasteiger partial charge in [-0.05, 0) is 73.8 Å². The van der Waals surface area contributed by atoms with Crippen molar-refractivity contribution in [2.75, 3.05) is 6.54 Å². The van der Waals surface area contributed by atoms with Crippen molar-refractivity contribution < 1.29 is 4.42 Å². The molecule has 2 aliphatic rings. The van der Waals surface area contributed by atoms with Gasteiger partial charge in [0.25, 0.3) is 0 Å². The molecular weight excluding hydrogens is 392 g/mol. The van der Waals surface area contributed by atoms with Crippen molar-refractivity contribution in [1.82, 2.24) is 10.6 Å². The smallest absolute Gasteiger partial charge is 0.153 e. The van der Waals surface area contributed by atoms with Gasteiger partial charge in [0.1, 0.15) is 5.58 Å². The molecule has 4 rings (SSSR count). The van der Waals surface area contributed by atoms with Crippen molar-refractivity contribution in [2.24, 2.45) is 22.7 Å². The van der Waals surface area contributed by atoms with Crippen molar-refractivity contribution in [1.29, 1.82) is 0 Å². The first-order valence-electron chi connectivity index (χ1n) is 11.9. The van der Waals surface area contributed by atoms with Crippen molar-refractivity contribution in [3.8, 4) is 0 Å². The quantitative estimate of drug-likeness (QED) is 0.650. The van der Waals surface area contributed by atoms with Crippen LogP contribution >= 0.6 is 0 Å². The molecule has 2 unspecified atom stereocenters. The maximum Gasteiger partial charge on any atom is 0.153 e. The molecule has 32 heavy (non-hydrogen) atoms. The monoisotopic (exact) mass is 430 g/mol. The summed E-state index contributed by atoms with van der Waals surface area (Å²) in [5.74, 6) is 1.22. The fourth-order valence-corrected chi connectivity index (χ4v) is 5.35. The number of furan rings is 1. The molecule has 2 aliphatic carbocycles. The first-order chi connectivity index (χ1) is 15.2. The summed E-state index contributed by atoms with van der Waals surface area (Å²) >= 11 is 0. The first kappa shape index (κ1) is 22.5. The Morgan fingerprint density at radius 1 is 1.09 bits per heavy atom. The van der Waals surface area contributed by atoms with E-state index in [0.717, 1.165) is 33.8 Å². The lowest BCUT2D eigenvalue weighted by Gasteiger charge is -2.51. The highest BCUT2D eigenvalue weighted by Crippen LogP contribution is 2.54. The van der Waals surface area contributed by atoms with Gasteiger partial charge < -0.3 is 15.1 Å². The molecular formula is C29H38N2O. The Labute approximate surface area is 192 Å². The Balaban J connectivity index is 1.41. The molecule has 0 spiro atoms. The van der Waals surface area contributed by atoms with E-state index in [-0.39, 0.29) is 0 Å². The Hall–Kier alpha value is -2.68. The van der Waals surface area contributed by atoms with E-state index < -0.39 is 0 Å². The number of hydrogen-bond donors (Lipinski definition) is 2. The SMILES string of the molecule is C/C=c1\c(=C(/C)N/C=C/CNC2=CC3C(C=C2)C(C)(C)CCC3(C)C)oc2ccccc12. The van der Waals surface area contributed by atoms with Crippen LogP contribution in [0.25, 0.3) is 22.7 Å². The van der Waals surface area contributed by atoms with Gasteiger partial charge in [-0.1, -0.05) is 64.1 Å². The number of nitrogens with one attached hydrogen (secondary N) is 2. The van der Waals surface area contributed by atoms with Crippen LogP contribution in [-0.2, 0) is 0 Å². The van der Waals surface area contributed by atoms with Crippen LogP contribution in [0.15, 0.2) is 64.9 Å².